The molecule has 0 bridgehead atoms. The lowest BCUT2D eigenvalue weighted by Crippen LogP contribution is -2.41. The number of aryl methyl sites for hydroxylation is 1. The number of pyridine rings is 1. The van der Waals surface area contributed by atoms with E-state index in [1.165, 1.54) is 16.7 Å². The van der Waals surface area contributed by atoms with E-state index in [0.29, 0.717) is 11.3 Å². The number of aromatic nitrogens is 3. The molecule has 2 amide bonds. The summed E-state index contributed by atoms with van der Waals surface area (Å²) in [6.45, 7) is 0. The molecule has 2 fully saturated rings. The Bertz CT molecular complexity index is 1570. The fourth-order valence-electron chi connectivity index (χ4n) is 4.97. The van der Waals surface area contributed by atoms with Crippen molar-refractivity contribution in [2.24, 2.45) is 13.0 Å². The first kappa shape index (κ1) is 22.2. The van der Waals surface area contributed by atoms with E-state index in [1.807, 2.05) is 12.1 Å². The Morgan fingerprint density at radius 1 is 1.06 bits per heavy atom. The van der Waals surface area contributed by atoms with Crippen LogP contribution in [0.4, 0.5) is 10.1 Å². The molecule has 36 heavy (non-hydrogen) atoms. The molecule has 3 heterocycles. The van der Waals surface area contributed by atoms with E-state index in [9.17, 15) is 18.8 Å². The van der Waals surface area contributed by atoms with Crippen molar-refractivity contribution in [1.29, 1.82) is 0 Å². The third kappa shape index (κ3) is 3.77. The number of amides is 2. The fourth-order valence-corrected chi connectivity index (χ4v) is 4.97. The summed E-state index contributed by atoms with van der Waals surface area (Å²) in [5, 5.41) is 8.27. The first-order valence-electron chi connectivity index (χ1n) is 11.9. The highest BCUT2D eigenvalue weighted by molar-refractivity contribution is 6.00. The van der Waals surface area contributed by atoms with E-state index in [0.717, 1.165) is 29.4 Å². The normalized spacial score (nSPS) is 19.7. The molecule has 0 unspecified atom stereocenters. The zero-order chi connectivity index (χ0) is 25.0. The smallest absolute Gasteiger partial charge is 0.250 e. The Morgan fingerprint density at radius 3 is 2.58 bits per heavy atom. The van der Waals surface area contributed by atoms with Gasteiger partial charge in [0.05, 0.1) is 29.5 Å². The van der Waals surface area contributed by atoms with Crippen molar-refractivity contribution in [2.75, 3.05) is 4.90 Å². The number of anilines is 1. The number of fused-ring (bicyclic) bond motifs is 1. The van der Waals surface area contributed by atoms with Crippen molar-refractivity contribution in [1.82, 2.24) is 19.7 Å². The Labute approximate surface area is 205 Å². The van der Waals surface area contributed by atoms with E-state index in [1.54, 1.807) is 59.4 Å². The van der Waals surface area contributed by atoms with Crippen molar-refractivity contribution in [3.8, 4) is 5.69 Å². The number of nitrogens with one attached hydrogen (secondary N) is 1. The van der Waals surface area contributed by atoms with Crippen LogP contribution in [0, 0.1) is 11.7 Å². The van der Waals surface area contributed by atoms with Gasteiger partial charge in [-0.1, -0.05) is 18.2 Å². The summed E-state index contributed by atoms with van der Waals surface area (Å²) in [6, 6.07) is 13.9. The highest BCUT2D eigenvalue weighted by Gasteiger charge is 2.45. The van der Waals surface area contributed by atoms with Gasteiger partial charge < -0.3 is 14.8 Å². The number of hydrogen-bond acceptors (Lipinski definition) is 4. The number of hydrogen-bond donors (Lipinski definition) is 1. The van der Waals surface area contributed by atoms with Crippen LogP contribution in [0.3, 0.4) is 0 Å². The summed E-state index contributed by atoms with van der Waals surface area (Å²) in [7, 11) is 1.68. The maximum absolute atomic E-state index is 15.0. The number of halogens is 1. The van der Waals surface area contributed by atoms with Crippen molar-refractivity contribution in [3.63, 3.8) is 0 Å². The molecule has 1 saturated carbocycles. The minimum Gasteiger partial charge on any atom is -0.350 e. The van der Waals surface area contributed by atoms with Crippen LogP contribution in [0.1, 0.15) is 30.9 Å². The zero-order valence-corrected chi connectivity index (χ0v) is 19.6. The molecule has 9 heteroatoms. The Balaban J connectivity index is 1.40. The van der Waals surface area contributed by atoms with Gasteiger partial charge in [0.25, 0.3) is 0 Å². The van der Waals surface area contributed by atoms with Gasteiger partial charge in [-0.2, -0.15) is 5.10 Å². The molecular weight excluding hydrogens is 461 g/mol. The topological polar surface area (TPSA) is 89.2 Å². The molecule has 4 aromatic rings. The standard InChI is InChI=1S/C27H24FN5O3/c1-31-15-19(9-11-24(31)34)33-23-10-8-18(12-17(23)14-29-33)32-25(35)13-22(30-27(36)16-6-7-16)26(32)20-4-2-3-5-21(20)28/h2-5,8-12,14-16,22,26H,6-7,13H2,1H3,(H,30,36)/t22-,26+/m1/s1. The van der Waals surface area contributed by atoms with Gasteiger partial charge in [0.2, 0.25) is 17.4 Å². The Kier molecular flexibility index (Phi) is 5.21. The second-order valence-corrected chi connectivity index (χ2v) is 9.46. The number of carbonyl (C=O) groups excluding carboxylic acids is 2. The molecule has 2 aliphatic rings. The van der Waals surface area contributed by atoms with Gasteiger partial charge in [-0.25, -0.2) is 9.07 Å². The maximum atomic E-state index is 15.0. The lowest BCUT2D eigenvalue weighted by Gasteiger charge is -2.29. The van der Waals surface area contributed by atoms with Gasteiger partial charge in [-0.05, 0) is 43.2 Å². The molecule has 1 saturated heterocycles. The molecule has 6 rings (SSSR count). The Hall–Kier alpha value is -4.27. The van der Waals surface area contributed by atoms with Gasteiger partial charge in [-0.15, -0.1) is 0 Å². The van der Waals surface area contributed by atoms with E-state index in [-0.39, 0.29) is 29.7 Å². The molecule has 1 aliphatic heterocycles. The summed E-state index contributed by atoms with van der Waals surface area (Å²) in [4.78, 5) is 39.2. The average molecular weight is 486 g/mol. The molecule has 2 aromatic carbocycles. The number of carbonyl (C=O) groups is 2. The lowest BCUT2D eigenvalue weighted by atomic mass is 9.98. The van der Waals surface area contributed by atoms with E-state index in [4.69, 9.17) is 0 Å². The third-order valence-corrected chi connectivity index (χ3v) is 6.97. The van der Waals surface area contributed by atoms with Crippen molar-refractivity contribution in [2.45, 2.75) is 31.3 Å². The van der Waals surface area contributed by atoms with Crippen molar-refractivity contribution in [3.05, 3.63) is 88.7 Å². The van der Waals surface area contributed by atoms with E-state index >= 15 is 0 Å². The van der Waals surface area contributed by atoms with Crippen LogP contribution in [-0.4, -0.2) is 32.2 Å². The largest absolute Gasteiger partial charge is 0.350 e. The van der Waals surface area contributed by atoms with Crippen molar-refractivity contribution < 1.29 is 14.0 Å². The molecule has 0 spiro atoms. The second-order valence-electron chi connectivity index (χ2n) is 9.46. The molecule has 2 aromatic heterocycles. The minimum atomic E-state index is -0.669. The van der Waals surface area contributed by atoms with Crippen LogP contribution in [0.15, 0.2) is 71.8 Å². The van der Waals surface area contributed by atoms with Crippen molar-refractivity contribution >= 4 is 28.4 Å². The molecule has 1 aliphatic carbocycles. The molecular formula is C27H24FN5O3. The van der Waals surface area contributed by atoms with Crippen LogP contribution in [-0.2, 0) is 16.6 Å². The lowest BCUT2D eigenvalue weighted by molar-refractivity contribution is -0.123. The number of benzene rings is 2. The van der Waals surface area contributed by atoms with Crippen LogP contribution in [0.25, 0.3) is 16.6 Å². The second kappa shape index (κ2) is 8.44. The minimum absolute atomic E-state index is 0.0184. The average Bonchev–Trinajstić information content (AvgIpc) is 3.56. The number of rotatable bonds is 5. The summed E-state index contributed by atoms with van der Waals surface area (Å²) < 4.78 is 18.2. The summed E-state index contributed by atoms with van der Waals surface area (Å²) in [6.07, 6.45) is 5.17. The summed E-state index contributed by atoms with van der Waals surface area (Å²) in [5.74, 6) is -0.703. The molecule has 1 N–H and O–H groups in total. The zero-order valence-electron chi connectivity index (χ0n) is 19.6. The maximum Gasteiger partial charge on any atom is 0.250 e. The first-order chi connectivity index (χ1) is 17.4. The van der Waals surface area contributed by atoms with Crippen LogP contribution in [0.2, 0.25) is 0 Å². The Morgan fingerprint density at radius 2 is 1.83 bits per heavy atom. The predicted octanol–water partition coefficient (Wildman–Crippen LogP) is 3.24. The molecule has 2 atom stereocenters. The molecule has 0 radical (unpaired) electrons. The van der Waals surface area contributed by atoms with Gasteiger partial charge >= 0.3 is 0 Å². The van der Waals surface area contributed by atoms with Gasteiger partial charge in [0, 0.05) is 48.3 Å². The van der Waals surface area contributed by atoms with E-state index < -0.39 is 17.9 Å². The monoisotopic (exact) mass is 485 g/mol. The predicted molar refractivity (Wildman–Crippen MR) is 132 cm³/mol. The van der Waals surface area contributed by atoms with Gasteiger partial charge in [0.1, 0.15) is 5.82 Å². The fraction of sp³-hybridized carbons (Fsp3) is 0.259. The molecule has 182 valence electrons. The first-order valence-corrected chi connectivity index (χ1v) is 11.9. The van der Waals surface area contributed by atoms with Gasteiger partial charge in [0.15, 0.2) is 0 Å². The summed E-state index contributed by atoms with van der Waals surface area (Å²) in [5.41, 5.74) is 2.37. The van der Waals surface area contributed by atoms with Crippen LogP contribution >= 0.6 is 0 Å². The SMILES string of the molecule is Cn1cc(-n2ncc3cc(N4C(=O)C[C@@H](NC(=O)C5CC5)[C@@H]4c4ccccc4F)ccc32)ccc1=O. The molecule has 8 nitrogen and oxygen atoms in total. The third-order valence-electron chi connectivity index (χ3n) is 6.97. The van der Waals surface area contributed by atoms with Gasteiger partial charge in [-0.3, -0.25) is 14.4 Å². The van der Waals surface area contributed by atoms with E-state index in [2.05, 4.69) is 10.4 Å². The highest BCUT2D eigenvalue weighted by Crippen LogP contribution is 2.40. The van der Waals surface area contributed by atoms with Crippen LogP contribution in [0.5, 0.6) is 0 Å². The quantitative estimate of drug-likeness (QED) is 0.470. The van der Waals surface area contributed by atoms with Crippen LogP contribution < -0.4 is 15.8 Å². The summed E-state index contributed by atoms with van der Waals surface area (Å²) >= 11 is 0. The highest BCUT2D eigenvalue weighted by atomic mass is 19.1. The number of nitrogens with zero attached hydrogens (tertiary/aromatic N) is 4.